The first-order chi connectivity index (χ1) is 12.1. The lowest BCUT2D eigenvalue weighted by Crippen LogP contribution is -2.42. The maximum atomic E-state index is 11.9. The molecular weight excluding hydrogens is 441 g/mol. The van der Waals surface area contributed by atoms with E-state index in [0.717, 1.165) is 36.6 Å². The molecule has 0 fully saturated rings. The van der Waals surface area contributed by atoms with E-state index in [1.165, 1.54) is 0 Å². The molecule has 0 saturated heterocycles. The molecule has 144 valence electrons. The zero-order chi connectivity index (χ0) is 18.1. The summed E-state index contributed by atoms with van der Waals surface area (Å²) in [6.45, 7) is 3.82. The topological polar surface area (TPSA) is 68.8 Å². The Morgan fingerprint density at radius 3 is 2.65 bits per heavy atom. The number of nitrogens with one attached hydrogen (secondary N) is 3. The van der Waals surface area contributed by atoms with Crippen molar-refractivity contribution in [2.45, 2.75) is 32.4 Å². The number of benzene rings is 1. The number of aliphatic imine (C=N–C) groups is 1. The largest absolute Gasteiger partial charge is 0.357 e. The average Bonchev–Trinajstić information content (AvgIpc) is 3.05. The number of hydrogen-bond acceptors (Lipinski definition) is 3. The van der Waals surface area contributed by atoms with Crippen LogP contribution in [0.3, 0.4) is 0 Å². The molecule has 0 saturated carbocycles. The summed E-state index contributed by atoms with van der Waals surface area (Å²) in [5.74, 6) is 0.813. The number of nitrogens with zero attached hydrogens (tertiary/aromatic N) is 2. The SMILES string of the molecule is CCNC(=NCc1cccc(NC(=O)CN(C)C)c1)NC1CC=CC1.I. The predicted octanol–water partition coefficient (Wildman–Crippen LogP) is 2.58. The van der Waals surface area contributed by atoms with E-state index in [1.807, 2.05) is 43.3 Å². The summed E-state index contributed by atoms with van der Waals surface area (Å²) in [4.78, 5) is 18.4. The van der Waals surface area contributed by atoms with Gasteiger partial charge in [-0.15, -0.1) is 24.0 Å². The average molecular weight is 471 g/mol. The van der Waals surface area contributed by atoms with Crippen LogP contribution < -0.4 is 16.0 Å². The second-order valence-corrected chi connectivity index (χ2v) is 6.47. The highest BCUT2D eigenvalue weighted by Crippen LogP contribution is 2.12. The van der Waals surface area contributed by atoms with Crippen molar-refractivity contribution in [3.63, 3.8) is 0 Å². The molecule has 2 rings (SSSR count). The van der Waals surface area contributed by atoms with Crippen LogP contribution in [0.4, 0.5) is 5.69 Å². The van der Waals surface area contributed by atoms with E-state index in [2.05, 4.69) is 40.0 Å². The Morgan fingerprint density at radius 1 is 1.27 bits per heavy atom. The van der Waals surface area contributed by atoms with E-state index in [4.69, 9.17) is 0 Å². The van der Waals surface area contributed by atoms with E-state index >= 15 is 0 Å². The van der Waals surface area contributed by atoms with Gasteiger partial charge in [0.05, 0.1) is 13.1 Å². The van der Waals surface area contributed by atoms with E-state index in [9.17, 15) is 4.79 Å². The smallest absolute Gasteiger partial charge is 0.238 e. The van der Waals surface area contributed by atoms with E-state index in [1.54, 1.807) is 0 Å². The van der Waals surface area contributed by atoms with Crippen molar-refractivity contribution >= 4 is 41.5 Å². The maximum absolute atomic E-state index is 11.9. The number of rotatable bonds is 7. The minimum absolute atomic E-state index is 0. The second-order valence-electron chi connectivity index (χ2n) is 6.47. The molecule has 0 atom stereocenters. The number of halogens is 1. The van der Waals surface area contributed by atoms with Crippen molar-refractivity contribution in [2.24, 2.45) is 4.99 Å². The normalized spacial score (nSPS) is 14.2. The fraction of sp³-hybridized carbons (Fsp3) is 0.474. The lowest BCUT2D eigenvalue weighted by molar-refractivity contribution is -0.116. The van der Waals surface area contributed by atoms with Gasteiger partial charge in [-0.05, 0) is 51.6 Å². The van der Waals surface area contributed by atoms with Crippen LogP contribution in [-0.2, 0) is 11.3 Å². The van der Waals surface area contributed by atoms with Crippen LogP contribution in [-0.4, -0.2) is 50.0 Å². The number of likely N-dealkylation sites (N-methyl/N-ethyl adjacent to an activating group) is 1. The van der Waals surface area contributed by atoms with Gasteiger partial charge < -0.3 is 20.9 Å². The third-order valence-corrected chi connectivity index (χ3v) is 3.78. The molecule has 1 amide bonds. The van der Waals surface area contributed by atoms with Crippen LogP contribution in [0.15, 0.2) is 41.4 Å². The summed E-state index contributed by atoms with van der Waals surface area (Å²) >= 11 is 0. The molecule has 7 heteroatoms. The molecule has 26 heavy (non-hydrogen) atoms. The number of guanidine groups is 1. The first-order valence-corrected chi connectivity index (χ1v) is 8.80. The molecular formula is C19H30IN5O. The Hall–Kier alpha value is -1.61. The summed E-state index contributed by atoms with van der Waals surface area (Å²) in [6.07, 6.45) is 6.47. The van der Waals surface area contributed by atoms with Crippen molar-refractivity contribution in [3.05, 3.63) is 42.0 Å². The predicted molar refractivity (Wildman–Crippen MR) is 119 cm³/mol. The van der Waals surface area contributed by atoms with Crippen LogP contribution >= 0.6 is 24.0 Å². The second kappa shape index (κ2) is 11.9. The molecule has 0 unspecified atom stereocenters. The first kappa shape index (κ1) is 22.4. The molecule has 0 bridgehead atoms. The Kier molecular flexibility index (Phi) is 10.3. The fourth-order valence-electron chi connectivity index (χ4n) is 2.65. The van der Waals surface area contributed by atoms with Gasteiger partial charge in [0, 0.05) is 18.3 Å². The molecule has 0 aromatic heterocycles. The third kappa shape index (κ3) is 8.18. The Morgan fingerprint density at radius 2 is 2.00 bits per heavy atom. The number of amides is 1. The molecule has 3 N–H and O–H groups in total. The summed E-state index contributed by atoms with van der Waals surface area (Å²) in [5, 5.41) is 9.66. The standard InChI is InChI=1S/C19H29N5O.HI/c1-4-20-19(23-16-9-5-6-10-16)21-13-15-8-7-11-17(12-15)22-18(25)14-24(2)3;/h5-8,11-12,16H,4,9-10,13-14H2,1-3H3,(H,22,25)(H2,20,21,23);1H. The lowest BCUT2D eigenvalue weighted by Gasteiger charge is -2.16. The van der Waals surface area contributed by atoms with Crippen molar-refractivity contribution in [2.75, 3.05) is 32.5 Å². The van der Waals surface area contributed by atoms with Gasteiger partial charge in [0.2, 0.25) is 5.91 Å². The highest BCUT2D eigenvalue weighted by atomic mass is 127. The van der Waals surface area contributed by atoms with Gasteiger partial charge in [-0.2, -0.15) is 0 Å². The third-order valence-electron chi connectivity index (χ3n) is 3.78. The van der Waals surface area contributed by atoms with Crippen molar-refractivity contribution in [3.8, 4) is 0 Å². The van der Waals surface area contributed by atoms with Crippen LogP contribution in [0, 0.1) is 0 Å². The molecule has 0 heterocycles. The molecule has 1 aromatic carbocycles. The molecule has 1 aliphatic carbocycles. The van der Waals surface area contributed by atoms with E-state index in [0.29, 0.717) is 19.1 Å². The minimum atomic E-state index is -0.0191. The van der Waals surface area contributed by atoms with Crippen molar-refractivity contribution in [1.82, 2.24) is 15.5 Å². The molecule has 1 aromatic rings. The van der Waals surface area contributed by atoms with Crippen molar-refractivity contribution in [1.29, 1.82) is 0 Å². The van der Waals surface area contributed by atoms with Gasteiger partial charge in [0.25, 0.3) is 0 Å². The molecule has 0 radical (unpaired) electrons. The zero-order valence-corrected chi connectivity index (χ0v) is 18.1. The van der Waals surface area contributed by atoms with Gasteiger partial charge in [0.15, 0.2) is 5.96 Å². The number of hydrogen-bond donors (Lipinski definition) is 3. The number of carbonyl (C=O) groups is 1. The first-order valence-electron chi connectivity index (χ1n) is 8.80. The van der Waals surface area contributed by atoms with Gasteiger partial charge in [-0.1, -0.05) is 24.3 Å². The quantitative estimate of drug-likeness (QED) is 0.248. The molecule has 0 spiro atoms. The van der Waals surface area contributed by atoms with E-state index in [-0.39, 0.29) is 29.9 Å². The van der Waals surface area contributed by atoms with E-state index < -0.39 is 0 Å². The van der Waals surface area contributed by atoms with Crippen molar-refractivity contribution < 1.29 is 4.79 Å². The fourth-order valence-corrected chi connectivity index (χ4v) is 2.65. The minimum Gasteiger partial charge on any atom is -0.357 e. The van der Waals surface area contributed by atoms with Crippen LogP contribution in [0.1, 0.15) is 25.3 Å². The molecule has 1 aliphatic rings. The molecule has 0 aliphatic heterocycles. The number of anilines is 1. The monoisotopic (exact) mass is 471 g/mol. The van der Waals surface area contributed by atoms with Gasteiger partial charge in [0.1, 0.15) is 0 Å². The highest BCUT2D eigenvalue weighted by molar-refractivity contribution is 14.0. The van der Waals surface area contributed by atoms with Crippen LogP contribution in [0.5, 0.6) is 0 Å². The summed E-state index contributed by atoms with van der Waals surface area (Å²) in [7, 11) is 3.75. The van der Waals surface area contributed by atoms with Gasteiger partial charge >= 0.3 is 0 Å². The zero-order valence-electron chi connectivity index (χ0n) is 15.8. The maximum Gasteiger partial charge on any atom is 0.238 e. The van der Waals surface area contributed by atoms with Gasteiger partial charge in [-0.3, -0.25) is 4.79 Å². The summed E-state index contributed by atoms with van der Waals surface area (Å²) in [6, 6.07) is 8.25. The summed E-state index contributed by atoms with van der Waals surface area (Å²) < 4.78 is 0. The van der Waals surface area contributed by atoms with Crippen LogP contribution in [0.2, 0.25) is 0 Å². The summed E-state index contributed by atoms with van der Waals surface area (Å²) in [5.41, 5.74) is 1.86. The highest BCUT2D eigenvalue weighted by Gasteiger charge is 2.11. The van der Waals surface area contributed by atoms with Gasteiger partial charge in [-0.25, -0.2) is 4.99 Å². The Balaban J connectivity index is 0.00000338. The van der Waals surface area contributed by atoms with Crippen LogP contribution in [0.25, 0.3) is 0 Å². The number of carbonyl (C=O) groups excluding carboxylic acids is 1. The Labute approximate surface area is 173 Å². The Bertz CT molecular complexity index is 622. The lowest BCUT2D eigenvalue weighted by atomic mass is 10.2. The molecule has 6 nitrogen and oxygen atoms in total.